The van der Waals surface area contributed by atoms with Gasteiger partial charge in [0.05, 0.1) is 23.6 Å². The number of H-pyrrole nitrogens is 1. The maximum atomic E-state index is 13.6. The van der Waals surface area contributed by atoms with Crippen molar-refractivity contribution in [1.82, 2.24) is 4.98 Å². The molecule has 2 aromatic rings. The summed E-state index contributed by atoms with van der Waals surface area (Å²) < 4.78 is 23.8. The smallest absolute Gasteiger partial charge is 0.340 e. The van der Waals surface area contributed by atoms with Gasteiger partial charge in [0.1, 0.15) is 5.82 Å². The molecule has 0 fully saturated rings. The Labute approximate surface area is 166 Å². The van der Waals surface area contributed by atoms with Gasteiger partial charge in [0.25, 0.3) is 0 Å². The number of esters is 2. The zero-order valence-corrected chi connectivity index (χ0v) is 16.9. The Bertz CT molecular complexity index is 893. The highest BCUT2D eigenvalue weighted by Gasteiger charge is 2.27. The van der Waals surface area contributed by atoms with Crippen molar-refractivity contribution in [3.05, 3.63) is 52.6 Å². The van der Waals surface area contributed by atoms with Crippen molar-refractivity contribution in [3.63, 3.8) is 0 Å². The number of Topliss-reactive ketones (excluding diaryl/α,β-unsaturated/α-hetero) is 1. The molecule has 0 aliphatic heterocycles. The molecule has 0 saturated carbocycles. The van der Waals surface area contributed by atoms with Crippen molar-refractivity contribution in [1.29, 1.82) is 0 Å². The van der Waals surface area contributed by atoms with E-state index in [4.69, 9.17) is 9.47 Å². The second-order valence-electron chi connectivity index (χ2n) is 6.06. The highest BCUT2D eigenvalue weighted by molar-refractivity contribution is 8.00. The Hall–Kier alpha value is -2.61. The molecule has 1 aromatic carbocycles. The normalized spacial score (nSPS) is 11.8. The lowest BCUT2D eigenvalue weighted by atomic mass is 10.1. The molecule has 0 aliphatic carbocycles. The van der Waals surface area contributed by atoms with Crippen molar-refractivity contribution >= 4 is 29.5 Å². The number of carbonyl (C=O) groups is 3. The maximum absolute atomic E-state index is 13.6. The van der Waals surface area contributed by atoms with Crippen molar-refractivity contribution in [2.45, 2.75) is 38.7 Å². The summed E-state index contributed by atoms with van der Waals surface area (Å²) in [6.45, 7) is 6.67. The summed E-state index contributed by atoms with van der Waals surface area (Å²) in [7, 11) is 0. The van der Waals surface area contributed by atoms with Gasteiger partial charge in [0.2, 0.25) is 5.78 Å². The van der Waals surface area contributed by atoms with E-state index in [1.807, 2.05) is 0 Å². The van der Waals surface area contributed by atoms with E-state index in [1.54, 1.807) is 39.0 Å². The number of nitrogens with one attached hydrogen (secondary N) is 1. The first kappa shape index (κ1) is 21.7. The molecule has 28 heavy (non-hydrogen) atoms. The third-order valence-corrected chi connectivity index (χ3v) is 5.05. The lowest BCUT2D eigenvalue weighted by molar-refractivity contribution is -0.143. The first-order valence-electron chi connectivity index (χ1n) is 8.73. The van der Waals surface area contributed by atoms with Gasteiger partial charge >= 0.3 is 11.9 Å². The van der Waals surface area contributed by atoms with Gasteiger partial charge in [-0.1, -0.05) is 12.1 Å². The molecular formula is C20H22FNO5S. The van der Waals surface area contributed by atoms with E-state index in [2.05, 4.69) is 4.98 Å². The Kier molecular flexibility index (Phi) is 7.39. The number of rotatable bonds is 8. The number of aromatic amines is 1. The summed E-state index contributed by atoms with van der Waals surface area (Å²) in [5, 5.41) is 0. The third-order valence-electron chi connectivity index (χ3n) is 4.02. The number of aromatic nitrogens is 1. The largest absolute Gasteiger partial charge is 0.462 e. The van der Waals surface area contributed by atoms with Crippen molar-refractivity contribution in [2.24, 2.45) is 0 Å². The second-order valence-corrected chi connectivity index (χ2v) is 7.08. The molecule has 1 aromatic heterocycles. The van der Waals surface area contributed by atoms with Gasteiger partial charge in [0.15, 0.2) is 6.10 Å². The predicted octanol–water partition coefficient (Wildman–Crippen LogP) is 3.85. The summed E-state index contributed by atoms with van der Waals surface area (Å²) in [5.41, 5.74) is 1.46. The van der Waals surface area contributed by atoms with Crippen LogP contribution in [0.25, 0.3) is 0 Å². The number of ether oxygens (including phenoxy) is 2. The minimum Gasteiger partial charge on any atom is -0.462 e. The van der Waals surface area contributed by atoms with Crippen LogP contribution >= 0.6 is 11.8 Å². The summed E-state index contributed by atoms with van der Waals surface area (Å²) in [6.07, 6.45) is -1.06. The van der Waals surface area contributed by atoms with Crippen LogP contribution in [0.4, 0.5) is 4.39 Å². The van der Waals surface area contributed by atoms with Crippen molar-refractivity contribution < 1.29 is 28.2 Å². The number of thioether (sulfide) groups is 1. The summed E-state index contributed by atoms with van der Waals surface area (Å²) in [6, 6.07) is 6.09. The molecule has 0 bridgehead atoms. The third kappa shape index (κ3) is 5.01. The number of hydrogen-bond acceptors (Lipinski definition) is 6. The maximum Gasteiger partial charge on any atom is 0.340 e. The van der Waals surface area contributed by atoms with Crippen LogP contribution in [0.1, 0.15) is 46.0 Å². The topological polar surface area (TPSA) is 85.5 Å². The summed E-state index contributed by atoms with van der Waals surface area (Å²) in [4.78, 5) is 39.9. The highest BCUT2D eigenvalue weighted by atomic mass is 32.2. The molecule has 0 amide bonds. The van der Waals surface area contributed by atoms with Gasteiger partial charge in [-0.3, -0.25) is 9.59 Å². The quantitative estimate of drug-likeness (QED) is 0.406. The monoisotopic (exact) mass is 407 g/mol. The van der Waals surface area contributed by atoms with Crippen LogP contribution in [0.2, 0.25) is 0 Å². The van der Waals surface area contributed by atoms with E-state index < -0.39 is 29.6 Å². The van der Waals surface area contributed by atoms with Crippen LogP contribution < -0.4 is 0 Å². The van der Waals surface area contributed by atoms with E-state index in [0.717, 1.165) is 11.8 Å². The van der Waals surface area contributed by atoms with Gasteiger partial charge in [0, 0.05) is 10.6 Å². The molecule has 0 saturated heterocycles. The molecule has 150 valence electrons. The van der Waals surface area contributed by atoms with Crippen molar-refractivity contribution in [3.8, 4) is 0 Å². The SMILES string of the molecule is CCOC(=O)c1c(C)[nH]c(C(=O)[C@H](C)OC(=O)CSc2ccccc2F)c1C. The van der Waals surface area contributed by atoms with E-state index in [0.29, 0.717) is 21.7 Å². The fourth-order valence-corrected chi connectivity index (χ4v) is 3.41. The molecule has 6 nitrogen and oxygen atoms in total. The van der Waals surface area contributed by atoms with Crippen LogP contribution in [0.3, 0.4) is 0 Å². The fourth-order valence-electron chi connectivity index (χ4n) is 2.69. The van der Waals surface area contributed by atoms with Gasteiger partial charge in [-0.25, -0.2) is 9.18 Å². The summed E-state index contributed by atoms with van der Waals surface area (Å²) in [5.74, 6) is -2.16. The van der Waals surface area contributed by atoms with E-state index in [9.17, 15) is 18.8 Å². The molecule has 8 heteroatoms. The lowest BCUT2D eigenvalue weighted by Crippen LogP contribution is -2.26. The van der Waals surface area contributed by atoms with E-state index in [1.165, 1.54) is 13.0 Å². The Morgan fingerprint density at radius 1 is 1.21 bits per heavy atom. The lowest BCUT2D eigenvalue weighted by Gasteiger charge is -2.12. The second kappa shape index (κ2) is 9.54. The van der Waals surface area contributed by atoms with Gasteiger partial charge in [-0.2, -0.15) is 0 Å². The number of hydrogen-bond donors (Lipinski definition) is 1. The number of aryl methyl sites for hydroxylation is 1. The minimum absolute atomic E-state index is 0.130. The van der Waals surface area contributed by atoms with E-state index >= 15 is 0 Å². The zero-order chi connectivity index (χ0) is 20.8. The van der Waals surface area contributed by atoms with Crippen LogP contribution in [0.5, 0.6) is 0 Å². The highest BCUT2D eigenvalue weighted by Crippen LogP contribution is 2.23. The minimum atomic E-state index is -1.06. The molecule has 0 spiro atoms. The molecule has 1 atom stereocenters. The Morgan fingerprint density at radius 3 is 2.54 bits per heavy atom. The first-order valence-corrected chi connectivity index (χ1v) is 9.72. The zero-order valence-electron chi connectivity index (χ0n) is 16.1. The standard InChI is InChI=1S/C20H22FNO5S/c1-5-26-20(25)17-11(2)18(22-12(17)3)19(24)13(4)27-16(23)10-28-15-9-7-6-8-14(15)21/h6-9,13,22H,5,10H2,1-4H3/t13-/m0/s1. The molecular weight excluding hydrogens is 385 g/mol. The van der Waals surface area contributed by atoms with Crippen LogP contribution in [0.15, 0.2) is 29.2 Å². The molecule has 1 heterocycles. The summed E-state index contributed by atoms with van der Waals surface area (Å²) >= 11 is 0.994. The van der Waals surface area contributed by atoms with Crippen molar-refractivity contribution in [2.75, 3.05) is 12.4 Å². The van der Waals surface area contributed by atoms with Gasteiger partial charge in [-0.15, -0.1) is 11.8 Å². The van der Waals surface area contributed by atoms with Gasteiger partial charge < -0.3 is 14.5 Å². The average Bonchev–Trinajstić information content (AvgIpc) is 2.94. The van der Waals surface area contributed by atoms with Gasteiger partial charge in [-0.05, 0) is 45.4 Å². The number of ketones is 1. The first-order chi connectivity index (χ1) is 13.3. The number of halogens is 1. The fraction of sp³-hybridized carbons (Fsp3) is 0.350. The number of benzene rings is 1. The van der Waals surface area contributed by atoms with Crippen LogP contribution in [-0.2, 0) is 14.3 Å². The predicted molar refractivity (Wildman–Crippen MR) is 103 cm³/mol. The van der Waals surface area contributed by atoms with Crippen LogP contribution in [0, 0.1) is 19.7 Å². The number of carbonyl (C=O) groups excluding carboxylic acids is 3. The molecule has 1 N–H and O–H groups in total. The average molecular weight is 407 g/mol. The Morgan fingerprint density at radius 2 is 1.89 bits per heavy atom. The Balaban J connectivity index is 2.02. The molecule has 0 radical (unpaired) electrons. The molecule has 0 aliphatic rings. The molecule has 2 rings (SSSR count). The van der Waals surface area contributed by atoms with E-state index in [-0.39, 0.29) is 18.1 Å². The van der Waals surface area contributed by atoms with Crippen LogP contribution in [-0.4, -0.2) is 41.2 Å². The molecule has 0 unspecified atom stereocenters.